The summed E-state index contributed by atoms with van der Waals surface area (Å²) in [5.41, 5.74) is 0.925. The van der Waals surface area contributed by atoms with Crippen molar-refractivity contribution in [3.63, 3.8) is 0 Å². The maximum atomic E-state index is 13.5. The molecule has 25 heavy (non-hydrogen) atoms. The number of anilines is 1. The van der Waals surface area contributed by atoms with Gasteiger partial charge in [-0.2, -0.15) is 0 Å². The largest absolute Gasteiger partial charge is 0.493 e. The number of carbonyl (C=O) groups excluding carboxylic acids is 2. The Morgan fingerprint density at radius 3 is 2.68 bits per heavy atom. The number of halogens is 2. The fourth-order valence-corrected chi connectivity index (χ4v) is 2.12. The number of aryl methyl sites for hydroxylation is 1. The number of amides is 1. The summed E-state index contributed by atoms with van der Waals surface area (Å²) in [7, 11) is 0. The van der Waals surface area contributed by atoms with Crippen LogP contribution in [0.5, 0.6) is 5.75 Å². The zero-order valence-corrected chi connectivity index (χ0v) is 14.3. The molecule has 0 heterocycles. The van der Waals surface area contributed by atoms with E-state index in [-0.39, 0.29) is 23.7 Å². The van der Waals surface area contributed by atoms with Crippen molar-refractivity contribution in [2.45, 2.75) is 13.3 Å². The molecule has 2 aromatic rings. The van der Waals surface area contributed by atoms with Gasteiger partial charge in [0.1, 0.15) is 11.6 Å². The Morgan fingerprint density at radius 1 is 1.20 bits per heavy atom. The summed E-state index contributed by atoms with van der Waals surface area (Å²) in [6.07, 6.45) is -0.00306. The van der Waals surface area contributed by atoms with Crippen molar-refractivity contribution in [2.24, 2.45) is 0 Å². The molecule has 0 radical (unpaired) electrons. The number of ether oxygens (including phenoxy) is 2. The van der Waals surface area contributed by atoms with Crippen LogP contribution in [0.1, 0.15) is 12.0 Å². The normalized spacial score (nSPS) is 10.2. The summed E-state index contributed by atoms with van der Waals surface area (Å²) in [6.45, 7) is 1.52. The van der Waals surface area contributed by atoms with Gasteiger partial charge in [-0.3, -0.25) is 9.59 Å². The van der Waals surface area contributed by atoms with Crippen molar-refractivity contribution in [1.82, 2.24) is 0 Å². The summed E-state index contributed by atoms with van der Waals surface area (Å²) in [4.78, 5) is 23.3. The lowest BCUT2D eigenvalue weighted by Gasteiger charge is -2.09. The van der Waals surface area contributed by atoms with Crippen LogP contribution >= 0.6 is 11.6 Å². The van der Waals surface area contributed by atoms with Gasteiger partial charge in [0.15, 0.2) is 6.61 Å². The number of benzene rings is 2. The molecule has 2 aromatic carbocycles. The lowest BCUT2D eigenvalue weighted by Crippen LogP contribution is -2.22. The molecule has 132 valence electrons. The zero-order valence-electron chi connectivity index (χ0n) is 13.6. The highest BCUT2D eigenvalue weighted by atomic mass is 35.5. The molecule has 0 bridgehead atoms. The number of hydrogen-bond donors (Lipinski definition) is 1. The van der Waals surface area contributed by atoms with Crippen molar-refractivity contribution in [3.8, 4) is 5.75 Å². The number of rotatable bonds is 7. The van der Waals surface area contributed by atoms with Gasteiger partial charge in [0, 0.05) is 5.02 Å². The fraction of sp³-hybridized carbons (Fsp3) is 0.222. The standard InChI is InChI=1S/C18H17ClFNO4/c1-12-4-2-3-5-16(12)24-9-8-18(23)25-11-17(22)21-15-7-6-13(19)10-14(15)20/h2-7,10H,8-9,11H2,1H3,(H,21,22). The monoisotopic (exact) mass is 365 g/mol. The smallest absolute Gasteiger partial charge is 0.309 e. The molecule has 5 nitrogen and oxygen atoms in total. The molecule has 0 spiro atoms. The van der Waals surface area contributed by atoms with E-state index < -0.39 is 24.3 Å². The maximum Gasteiger partial charge on any atom is 0.309 e. The third-order valence-electron chi connectivity index (χ3n) is 3.23. The lowest BCUT2D eigenvalue weighted by atomic mass is 10.2. The molecule has 0 aliphatic rings. The first-order chi connectivity index (χ1) is 12.0. The van der Waals surface area contributed by atoms with E-state index in [0.29, 0.717) is 5.75 Å². The Labute approximate surface area is 149 Å². The van der Waals surface area contributed by atoms with E-state index in [2.05, 4.69) is 5.32 Å². The lowest BCUT2D eigenvalue weighted by molar-refractivity contribution is -0.147. The van der Waals surface area contributed by atoms with Gasteiger partial charge in [-0.05, 0) is 36.8 Å². The van der Waals surface area contributed by atoms with Gasteiger partial charge in [0.2, 0.25) is 0 Å². The van der Waals surface area contributed by atoms with Crippen LogP contribution in [0.4, 0.5) is 10.1 Å². The minimum absolute atomic E-state index is 0.00306. The van der Waals surface area contributed by atoms with E-state index in [4.69, 9.17) is 21.1 Å². The van der Waals surface area contributed by atoms with Crippen LogP contribution in [0.25, 0.3) is 0 Å². The zero-order chi connectivity index (χ0) is 18.2. The Morgan fingerprint density at radius 2 is 1.96 bits per heavy atom. The predicted molar refractivity (Wildman–Crippen MR) is 92.3 cm³/mol. The average molecular weight is 366 g/mol. The van der Waals surface area contributed by atoms with Crippen LogP contribution in [0.2, 0.25) is 5.02 Å². The first kappa shape index (κ1) is 18.7. The van der Waals surface area contributed by atoms with Crippen molar-refractivity contribution in [3.05, 3.63) is 58.9 Å². The molecule has 0 aliphatic heterocycles. The molecule has 7 heteroatoms. The molecule has 0 unspecified atom stereocenters. The molecule has 0 saturated carbocycles. The van der Waals surface area contributed by atoms with Crippen LogP contribution < -0.4 is 10.1 Å². The molecule has 0 atom stereocenters. The predicted octanol–water partition coefficient (Wildman–Crippen LogP) is 3.74. The van der Waals surface area contributed by atoms with E-state index in [0.717, 1.165) is 11.6 Å². The number of carbonyl (C=O) groups is 2. The molecular weight excluding hydrogens is 349 g/mol. The second-order valence-corrected chi connectivity index (χ2v) is 5.63. The molecule has 0 aliphatic carbocycles. The van der Waals surface area contributed by atoms with Gasteiger partial charge < -0.3 is 14.8 Å². The highest BCUT2D eigenvalue weighted by Crippen LogP contribution is 2.19. The SMILES string of the molecule is Cc1ccccc1OCCC(=O)OCC(=O)Nc1ccc(Cl)cc1F. The third kappa shape index (κ3) is 6.08. The fourth-order valence-electron chi connectivity index (χ4n) is 1.96. The Hall–Kier alpha value is -2.60. The summed E-state index contributed by atoms with van der Waals surface area (Å²) in [5.74, 6) is -1.21. The van der Waals surface area contributed by atoms with E-state index in [1.165, 1.54) is 12.1 Å². The minimum atomic E-state index is -0.668. The van der Waals surface area contributed by atoms with Gasteiger partial charge in [-0.15, -0.1) is 0 Å². The minimum Gasteiger partial charge on any atom is -0.493 e. The van der Waals surface area contributed by atoms with Gasteiger partial charge in [0.25, 0.3) is 5.91 Å². The topological polar surface area (TPSA) is 64.6 Å². The first-order valence-electron chi connectivity index (χ1n) is 7.54. The van der Waals surface area contributed by atoms with Crippen molar-refractivity contribution < 1.29 is 23.5 Å². The number of nitrogens with one attached hydrogen (secondary N) is 1. The van der Waals surface area contributed by atoms with E-state index in [1.807, 2.05) is 25.1 Å². The number of esters is 1. The Balaban J connectivity index is 1.70. The van der Waals surface area contributed by atoms with Gasteiger partial charge >= 0.3 is 5.97 Å². The van der Waals surface area contributed by atoms with Crippen molar-refractivity contribution in [2.75, 3.05) is 18.5 Å². The maximum absolute atomic E-state index is 13.5. The number of para-hydroxylation sites is 1. The average Bonchev–Trinajstić information content (AvgIpc) is 2.57. The summed E-state index contributed by atoms with van der Waals surface area (Å²) in [6, 6.07) is 11.3. The highest BCUT2D eigenvalue weighted by molar-refractivity contribution is 6.30. The van der Waals surface area contributed by atoms with Crippen molar-refractivity contribution in [1.29, 1.82) is 0 Å². The van der Waals surface area contributed by atoms with Gasteiger partial charge in [-0.25, -0.2) is 4.39 Å². The van der Waals surface area contributed by atoms with Crippen LogP contribution in [-0.4, -0.2) is 25.1 Å². The second kappa shape index (κ2) is 9.03. The molecule has 0 fully saturated rings. The van der Waals surface area contributed by atoms with Crippen molar-refractivity contribution >= 4 is 29.2 Å². The Bertz CT molecular complexity index is 766. The molecule has 2 rings (SSSR count). The van der Waals surface area contributed by atoms with Gasteiger partial charge in [-0.1, -0.05) is 29.8 Å². The van der Waals surface area contributed by atoms with Crippen LogP contribution in [0.3, 0.4) is 0 Å². The van der Waals surface area contributed by atoms with E-state index in [1.54, 1.807) is 6.07 Å². The molecule has 1 N–H and O–H groups in total. The van der Waals surface area contributed by atoms with Crippen LogP contribution in [0, 0.1) is 12.7 Å². The molecule has 0 saturated heterocycles. The molecule has 0 aromatic heterocycles. The van der Waals surface area contributed by atoms with Gasteiger partial charge in [0.05, 0.1) is 18.7 Å². The third-order valence-corrected chi connectivity index (χ3v) is 3.46. The summed E-state index contributed by atoms with van der Waals surface area (Å²) >= 11 is 5.62. The second-order valence-electron chi connectivity index (χ2n) is 5.20. The molecule has 1 amide bonds. The first-order valence-corrected chi connectivity index (χ1v) is 7.92. The van der Waals surface area contributed by atoms with E-state index >= 15 is 0 Å². The molecular formula is C18H17ClFNO4. The van der Waals surface area contributed by atoms with E-state index in [9.17, 15) is 14.0 Å². The van der Waals surface area contributed by atoms with Crippen LogP contribution in [-0.2, 0) is 14.3 Å². The van der Waals surface area contributed by atoms with Crippen LogP contribution in [0.15, 0.2) is 42.5 Å². The number of hydrogen-bond acceptors (Lipinski definition) is 4. The highest BCUT2D eigenvalue weighted by Gasteiger charge is 2.11. The quantitative estimate of drug-likeness (QED) is 0.759. The Kier molecular flexibility index (Phi) is 6.77. The summed E-state index contributed by atoms with van der Waals surface area (Å²) < 4.78 is 23.8. The summed E-state index contributed by atoms with van der Waals surface area (Å²) in [5, 5.41) is 2.52.